The fourth-order valence-corrected chi connectivity index (χ4v) is 3.63. The first-order valence-electron chi connectivity index (χ1n) is 8.85. The van der Waals surface area contributed by atoms with Gasteiger partial charge in [-0.15, -0.1) is 0 Å². The Morgan fingerprint density at radius 2 is 1.93 bits per heavy atom. The van der Waals surface area contributed by atoms with Crippen molar-refractivity contribution in [3.63, 3.8) is 0 Å². The first-order valence-corrected chi connectivity index (χ1v) is 9.92. The summed E-state index contributed by atoms with van der Waals surface area (Å²) >= 11 is 2.11. The van der Waals surface area contributed by atoms with Crippen LogP contribution in [0.25, 0.3) is 10.9 Å². The summed E-state index contributed by atoms with van der Waals surface area (Å²) in [6.45, 7) is 1.66. The molecule has 2 N–H and O–H groups in total. The zero-order valence-corrected chi connectivity index (χ0v) is 17.4. The van der Waals surface area contributed by atoms with E-state index in [9.17, 15) is 19.8 Å². The third-order valence-corrected chi connectivity index (χ3v) is 5.17. The summed E-state index contributed by atoms with van der Waals surface area (Å²) in [5.41, 5.74) is 1.10. The number of aliphatic hydroxyl groups excluding tert-OH is 1. The first-order chi connectivity index (χ1) is 13.4. The van der Waals surface area contributed by atoms with Crippen LogP contribution in [0.5, 0.6) is 5.75 Å². The van der Waals surface area contributed by atoms with Crippen LogP contribution in [-0.4, -0.2) is 34.0 Å². The molecule has 0 saturated heterocycles. The van der Waals surface area contributed by atoms with Gasteiger partial charge in [0.05, 0.1) is 24.8 Å². The van der Waals surface area contributed by atoms with E-state index in [0.29, 0.717) is 17.3 Å². The van der Waals surface area contributed by atoms with Gasteiger partial charge in [-0.3, -0.25) is 4.79 Å². The number of phenols is 1. The second kappa shape index (κ2) is 8.74. The van der Waals surface area contributed by atoms with Gasteiger partial charge in [0.25, 0.3) is 0 Å². The van der Waals surface area contributed by atoms with E-state index in [-0.39, 0.29) is 30.0 Å². The maximum Gasteiger partial charge on any atom is 0.343 e. The third-order valence-electron chi connectivity index (χ3n) is 4.50. The molecule has 0 aliphatic rings. The Hall–Kier alpha value is -2.39. The largest absolute Gasteiger partial charge is 0.508 e. The SMILES string of the molecule is CCOC(=O)c1cn(C(CO)Cc2ccc(O)cc2)c2ccc(I)cc2c1=O. The molecular formula is C21H20INO5. The summed E-state index contributed by atoms with van der Waals surface area (Å²) in [6.07, 6.45) is 1.93. The quantitative estimate of drug-likeness (QED) is 0.407. The van der Waals surface area contributed by atoms with Crippen LogP contribution in [0.4, 0.5) is 0 Å². The molecule has 28 heavy (non-hydrogen) atoms. The Labute approximate surface area is 175 Å². The molecule has 3 rings (SSSR count). The van der Waals surface area contributed by atoms with E-state index >= 15 is 0 Å². The first kappa shape index (κ1) is 20.3. The number of hydrogen-bond donors (Lipinski definition) is 2. The Balaban J connectivity index is 2.16. The van der Waals surface area contributed by atoms with Crippen LogP contribution in [0.3, 0.4) is 0 Å². The highest BCUT2D eigenvalue weighted by atomic mass is 127. The molecule has 0 spiro atoms. The van der Waals surface area contributed by atoms with Crippen molar-refractivity contribution in [1.82, 2.24) is 4.57 Å². The zero-order valence-electron chi connectivity index (χ0n) is 15.3. The minimum Gasteiger partial charge on any atom is -0.508 e. The van der Waals surface area contributed by atoms with Gasteiger partial charge in [0.15, 0.2) is 0 Å². The molecule has 7 heteroatoms. The van der Waals surface area contributed by atoms with Gasteiger partial charge < -0.3 is 19.5 Å². The van der Waals surface area contributed by atoms with Crippen LogP contribution in [0.15, 0.2) is 53.5 Å². The third kappa shape index (κ3) is 4.20. The van der Waals surface area contributed by atoms with Gasteiger partial charge in [-0.1, -0.05) is 12.1 Å². The monoisotopic (exact) mass is 493 g/mol. The maximum atomic E-state index is 12.8. The molecule has 0 bridgehead atoms. The molecule has 0 aliphatic heterocycles. The van der Waals surface area contributed by atoms with Crippen molar-refractivity contribution in [3.05, 3.63) is 73.6 Å². The summed E-state index contributed by atoms with van der Waals surface area (Å²) in [4.78, 5) is 25.2. The Morgan fingerprint density at radius 3 is 2.57 bits per heavy atom. The number of aromatic hydroxyl groups is 1. The van der Waals surface area contributed by atoms with Crippen LogP contribution in [0, 0.1) is 3.57 Å². The summed E-state index contributed by atoms with van der Waals surface area (Å²) in [5, 5.41) is 19.9. The second-order valence-electron chi connectivity index (χ2n) is 6.37. The van der Waals surface area contributed by atoms with Gasteiger partial charge in [0.1, 0.15) is 11.3 Å². The van der Waals surface area contributed by atoms with E-state index < -0.39 is 12.0 Å². The molecule has 6 nitrogen and oxygen atoms in total. The van der Waals surface area contributed by atoms with Crippen LogP contribution in [0.1, 0.15) is 28.9 Å². The van der Waals surface area contributed by atoms with Crippen LogP contribution in [0.2, 0.25) is 0 Å². The number of phenolic OH excluding ortho intramolecular Hbond substituents is 1. The van der Waals surface area contributed by atoms with Gasteiger partial charge in [-0.05, 0) is 71.8 Å². The molecule has 3 aromatic rings. The number of hydrogen-bond acceptors (Lipinski definition) is 5. The molecular weight excluding hydrogens is 473 g/mol. The number of halogens is 1. The van der Waals surface area contributed by atoms with E-state index in [1.54, 1.807) is 41.8 Å². The molecule has 0 radical (unpaired) electrons. The lowest BCUT2D eigenvalue weighted by molar-refractivity contribution is 0.0523. The molecule has 0 amide bonds. The number of aliphatic hydroxyl groups is 1. The van der Waals surface area contributed by atoms with Crippen molar-refractivity contribution in [2.45, 2.75) is 19.4 Å². The van der Waals surface area contributed by atoms with Crippen molar-refractivity contribution in [3.8, 4) is 5.75 Å². The minimum absolute atomic E-state index is 0.0551. The number of esters is 1. The standard InChI is InChI=1S/C21H20INO5/c1-2-28-21(27)18-11-23(19-8-5-14(22)10-17(19)20(18)26)15(12-24)9-13-3-6-16(25)7-4-13/h3-8,10-11,15,24-25H,2,9,12H2,1H3. The van der Waals surface area contributed by atoms with E-state index in [1.165, 1.54) is 6.20 Å². The van der Waals surface area contributed by atoms with Crippen molar-refractivity contribution in [2.75, 3.05) is 13.2 Å². The van der Waals surface area contributed by atoms with Crippen molar-refractivity contribution < 1.29 is 19.7 Å². The smallest absolute Gasteiger partial charge is 0.343 e. The number of nitrogens with zero attached hydrogens (tertiary/aromatic N) is 1. The highest BCUT2D eigenvalue weighted by molar-refractivity contribution is 14.1. The number of carbonyl (C=O) groups excluding carboxylic acids is 1. The average Bonchev–Trinajstić information content (AvgIpc) is 2.68. The van der Waals surface area contributed by atoms with E-state index in [4.69, 9.17) is 4.74 Å². The number of ether oxygens (including phenoxy) is 1. The molecule has 0 aliphatic carbocycles. The van der Waals surface area contributed by atoms with Crippen LogP contribution >= 0.6 is 22.6 Å². The number of fused-ring (bicyclic) bond motifs is 1. The Bertz CT molecular complexity index is 1060. The molecule has 0 saturated carbocycles. The van der Waals surface area contributed by atoms with Crippen LogP contribution in [-0.2, 0) is 11.2 Å². The average molecular weight is 493 g/mol. The topological polar surface area (TPSA) is 88.8 Å². The normalized spacial score (nSPS) is 12.1. The maximum absolute atomic E-state index is 12.8. The Kier molecular flexibility index (Phi) is 6.35. The fourth-order valence-electron chi connectivity index (χ4n) is 3.14. The van der Waals surface area contributed by atoms with Crippen molar-refractivity contribution in [2.24, 2.45) is 0 Å². The summed E-state index contributed by atoms with van der Waals surface area (Å²) in [6, 6.07) is 11.7. The van der Waals surface area contributed by atoms with Gasteiger partial charge in [0.2, 0.25) is 5.43 Å². The zero-order chi connectivity index (χ0) is 20.3. The summed E-state index contributed by atoms with van der Waals surface area (Å²) in [7, 11) is 0. The van der Waals surface area contributed by atoms with E-state index in [0.717, 1.165) is 9.13 Å². The fraction of sp³-hybridized carbons (Fsp3) is 0.238. The van der Waals surface area contributed by atoms with E-state index in [2.05, 4.69) is 22.6 Å². The predicted octanol–water partition coefficient (Wildman–Crippen LogP) is 3.26. The van der Waals surface area contributed by atoms with Gasteiger partial charge in [-0.2, -0.15) is 0 Å². The lowest BCUT2D eigenvalue weighted by atomic mass is 10.0. The summed E-state index contributed by atoms with van der Waals surface area (Å²) in [5.74, 6) is -0.513. The molecule has 1 heterocycles. The van der Waals surface area contributed by atoms with Gasteiger partial charge in [0, 0.05) is 15.2 Å². The molecule has 1 unspecified atom stereocenters. The molecule has 1 aromatic heterocycles. The van der Waals surface area contributed by atoms with Gasteiger partial charge in [-0.25, -0.2) is 4.79 Å². The summed E-state index contributed by atoms with van der Waals surface area (Å²) < 4.78 is 7.67. The number of aromatic nitrogens is 1. The minimum atomic E-state index is -0.677. The van der Waals surface area contributed by atoms with Crippen molar-refractivity contribution >= 4 is 39.5 Å². The number of benzene rings is 2. The lowest BCUT2D eigenvalue weighted by Gasteiger charge is -2.22. The van der Waals surface area contributed by atoms with Gasteiger partial charge >= 0.3 is 5.97 Å². The van der Waals surface area contributed by atoms with Crippen LogP contribution < -0.4 is 5.43 Å². The lowest BCUT2D eigenvalue weighted by Crippen LogP contribution is -2.25. The Morgan fingerprint density at radius 1 is 1.21 bits per heavy atom. The molecule has 1 atom stereocenters. The molecule has 2 aromatic carbocycles. The predicted molar refractivity (Wildman–Crippen MR) is 115 cm³/mol. The highest BCUT2D eigenvalue weighted by Crippen LogP contribution is 2.23. The molecule has 146 valence electrons. The van der Waals surface area contributed by atoms with E-state index in [1.807, 2.05) is 12.1 Å². The van der Waals surface area contributed by atoms with Crippen molar-refractivity contribution in [1.29, 1.82) is 0 Å². The number of rotatable bonds is 6. The number of pyridine rings is 1. The molecule has 0 fully saturated rings. The number of carbonyl (C=O) groups is 1. The second-order valence-corrected chi connectivity index (χ2v) is 7.61. The highest BCUT2D eigenvalue weighted by Gasteiger charge is 2.20.